The molecule has 0 saturated heterocycles. The van der Waals surface area contributed by atoms with Crippen molar-refractivity contribution in [2.75, 3.05) is 12.4 Å². The lowest BCUT2D eigenvalue weighted by Gasteiger charge is -2.18. The first-order valence-corrected chi connectivity index (χ1v) is 6.25. The van der Waals surface area contributed by atoms with E-state index in [0.29, 0.717) is 17.0 Å². The molecule has 0 aromatic heterocycles. The molecule has 1 aromatic carbocycles. The molecule has 1 aromatic rings. The van der Waals surface area contributed by atoms with Crippen LogP contribution in [0, 0.1) is 0 Å². The molecule has 106 valence electrons. The third kappa shape index (κ3) is 2.82. The van der Waals surface area contributed by atoms with Crippen LogP contribution in [0.3, 0.4) is 0 Å². The number of rotatable bonds is 2. The fourth-order valence-electron chi connectivity index (χ4n) is 1.95. The molecular weight excluding hydrogens is 258 g/mol. The SMILES string of the molecule is COc1cccc2c1NC(=O)/C2=C/C(=O)OC(C)(C)C. The number of ether oxygens (including phenoxy) is 2. The van der Waals surface area contributed by atoms with E-state index in [4.69, 9.17) is 9.47 Å². The number of amides is 1. The van der Waals surface area contributed by atoms with Gasteiger partial charge in [0.25, 0.3) is 5.91 Å². The van der Waals surface area contributed by atoms with E-state index in [1.165, 1.54) is 13.2 Å². The molecule has 1 amide bonds. The third-order valence-corrected chi connectivity index (χ3v) is 2.69. The van der Waals surface area contributed by atoms with Gasteiger partial charge in [-0.3, -0.25) is 4.79 Å². The highest BCUT2D eigenvalue weighted by atomic mass is 16.6. The molecule has 20 heavy (non-hydrogen) atoms. The highest BCUT2D eigenvalue weighted by Gasteiger charge is 2.28. The number of hydrogen-bond acceptors (Lipinski definition) is 4. The number of nitrogens with one attached hydrogen (secondary N) is 1. The van der Waals surface area contributed by atoms with E-state index in [1.54, 1.807) is 39.0 Å². The normalized spacial score (nSPS) is 15.8. The quantitative estimate of drug-likeness (QED) is 0.665. The summed E-state index contributed by atoms with van der Waals surface area (Å²) in [6.45, 7) is 5.32. The molecule has 1 aliphatic rings. The molecule has 0 saturated carbocycles. The maximum atomic E-state index is 12.0. The Bertz CT molecular complexity index is 596. The van der Waals surface area contributed by atoms with Crippen LogP contribution in [0.15, 0.2) is 24.3 Å². The van der Waals surface area contributed by atoms with E-state index in [2.05, 4.69) is 5.32 Å². The summed E-state index contributed by atoms with van der Waals surface area (Å²) in [6, 6.07) is 5.27. The molecule has 5 nitrogen and oxygen atoms in total. The number of esters is 1. The van der Waals surface area contributed by atoms with Crippen LogP contribution < -0.4 is 10.1 Å². The molecule has 0 fully saturated rings. The third-order valence-electron chi connectivity index (χ3n) is 2.69. The molecule has 0 spiro atoms. The Morgan fingerprint density at radius 3 is 2.60 bits per heavy atom. The summed E-state index contributed by atoms with van der Waals surface area (Å²) in [7, 11) is 1.53. The predicted molar refractivity (Wildman–Crippen MR) is 75.4 cm³/mol. The van der Waals surface area contributed by atoms with Crippen molar-refractivity contribution >= 4 is 23.1 Å². The van der Waals surface area contributed by atoms with Crippen molar-refractivity contribution in [3.63, 3.8) is 0 Å². The zero-order valence-corrected chi connectivity index (χ0v) is 11.9. The number of anilines is 1. The monoisotopic (exact) mass is 275 g/mol. The summed E-state index contributed by atoms with van der Waals surface area (Å²) >= 11 is 0. The van der Waals surface area contributed by atoms with Crippen LogP contribution in [0.5, 0.6) is 5.75 Å². The molecule has 1 N–H and O–H groups in total. The lowest BCUT2D eigenvalue weighted by molar-refractivity contribution is -0.148. The van der Waals surface area contributed by atoms with Gasteiger partial charge in [-0.15, -0.1) is 0 Å². The molecule has 1 heterocycles. The van der Waals surface area contributed by atoms with Crippen LogP contribution in [0.25, 0.3) is 5.57 Å². The molecule has 0 bridgehead atoms. The maximum absolute atomic E-state index is 12.0. The first-order valence-electron chi connectivity index (χ1n) is 6.25. The van der Waals surface area contributed by atoms with E-state index < -0.39 is 11.6 Å². The first kappa shape index (κ1) is 14.1. The van der Waals surface area contributed by atoms with E-state index >= 15 is 0 Å². The van der Waals surface area contributed by atoms with Crippen LogP contribution >= 0.6 is 0 Å². The fourth-order valence-corrected chi connectivity index (χ4v) is 1.95. The Kier molecular flexibility index (Phi) is 3.53. The Morgan fingerprint density at radius 1 is 1.30 bits per heavy atom. The van der Waals surface area contributed by atoms with Crippen LogP contribution in [-0.2, 0) is 14.3 Å². The van der Waals surface area contributed by atoms with E-state index in [9.17, 15) is 9.59 Å². The van der Waals surface area contributed by atoms with Crippen molar-refractivity contribution in [1.29, 1.82) is 0 Å². The largest absolute Gasteiger partial charge is 0.495 e. The number of benzene rings is 1. The topological polar surface area (TPSA) is 64.6 Å². The Morgan fingerprint density at radius 2 is 2.00 bits per heavy atom. The number of fused-ring (bicyclic) bond motifs is 1. The van der Waals surface area contributed by atoms with Crippen molar-refractivity contribution in [2.45, 2.75) is 26.4 Å². The van der Waals surface area contributed by atoms with Gasteiger partial charge >= 0.3 is 5.97 Å². The standard InChI is InChI=1S/C15H17NO4/c1-15(2,3)20-12(17)8-10-9-6-5-7-11(19-4)13(9)16-14(10)18/h5-8H,1-4H3,(H,16,18)/b10-8+. The van der Waals surface area contributed by atoms with E-state index in [1.807, 2.05) is 0 Å². The van der Waals surface area contributed by atoms with Crippen LogP contribution in [0.2, 0.25) is 0 Å². The molecule has 0 radical (unpaired) electrons. The van der Waals surface area contributed by atoms with Crippen molar-refractivity contribution in [2.24, 2.45) is 0 Å². The average molecular weight is 275 g/mol. The Labute approximate surface area is 117 Å². The Hall–Kier alpha value is -2.30. The van der Waals surface area contributed by atoms with Crippen molar-refractivity contribution < 1.29 is 19.1 Å². The second-order valence-electron chi connectivity index (χ2n) is 5.43. The van der Waals surface area contributed by atoms with Crippen molar-refractivity contribution in [3.05, 3.63) is 29.8 Å². The minimum Gasteiger partial charge on any atom is -0.495 e. The van der Waals surface area contributed by atoms with Gasteiger partial charge in [0.05, 0.1) is 18.4 Å². The Balaban J connectivity index is 2.36. The van der Waals surface area contributed by atoms with Gasteiger partial charge in [0, 0.05) is 11.6 Å². The van der Waals surface area contributed by atoms with E-state index in [-0.39, 0.29) is 11.5 Å². The number of carbonyl (C=O) groups is 2. The second kappa shape index (κ2) is 5.00. The lowest BCUT2D eigenvalue weighted by Crippen LogP contribution is -2.23. The molecule has 0 atom stereocenters. The second-order valence-corrected chi connectivity index (χ2v) is 5.43. The molecular formula is C15H17NO4. The van der Waals surface area contributed by atoms with Gasteiger partial charge in [-0.2, -0.15) is 0 Å². The minimum absolute atomic E-state index is 0.285. The van der Waals surface area contributed by atoms with Crippen molar-refractivity contribution in [1.82, 2.24) is 0 Å². The van der Waals surface area contributed by atoms with Gasteiger partial charge < -0.3 is 14.8 Å². The van der Waals surface area contributed by atoms with E-state index in [0.717, 1.165) is 0 Å². The number of hydrogen-bond donors (Lipinski definition) is 1. The summed E-state index contributed by atoms with van der Waals surface area (Å²) in [6.07, 6.45) is 1.21. The first-order chi connectivity index (χ1) is 9.31. The highest BCUT2D eigenvalue weighted by molar-refractivity contribution is 6.34. The molecule has 1 aliphatic heterocycles. The van der Waals surface area contributed by atoms with Gasteiger partial charge in [0.15, 0.2) is 0 Å². The number of carbonyl (C=O) groups excluding carboxylic acids is 2. The van der Waals surface area contributed by atoms with Crippen molar-refractivity contribution in [3.8, 4) is 5.75 Å². The summed E-state index contributed by atoms with van der Waals surface area (Å²) in [5, 5.41) is 2.70. The maximum Gasteiger partial charge on any atom is 0.332 e. The van der Waals surface area contributed by atoms with Crippen LogP contribution in [0.4, 0.5) is 5.69 Å². The summed E-state index contributed by atoms with van der Waals surface area (Å²) < 4.78 is 10.4. The summed E-state index contributed by atoms with van der Waals surface area (Å²) in [5.41, 5.74) is 0.906. The molecule has 2 rings (SSSR count). The predicted octanol–water partition coefficient (Wildman–Crippen LogP) is 2.37. The minimum atomic E-state index is -0.597. The summed E-state index contributed by atoms with van der Waals surface area (Å²) in [4.78, 5) is 23.8. The zero-order valence-electron chi connectivity index (χ0n) is 11.9. The highest BCUT2D eigenvalue weighted by Crippen LogP contribution is 2.38. The zero-order chi connectivity index (χ0) is 14.9. The average Bonchev–Trinajstić information content (AvgIpc) is 2.63. The van der Waals surface area contributed by atoms with Crippen LogP contribution in [-0.4, -0.2) is 24.6 Å². The lowest BCUT2D eigenvalue weighted by atomic mass is 10.1. The molecule has 0 unspecified atom stereocenters. The smallest absolute Gasteiger partial charge is 0.332 e. The summed E-state index contributed by atoms with van der Waals surface area (Å²) in [5.74, 6) is -0.322. The number of para-hydroxylation sites is 1. The van der Waals surface area contributed by atoms with Gasteiger partial charge in [-0.1, -0.05) is 12.1 Å². The fraction of sp³-hybridized carbons (Fsp3) is 0.333. The van der Waals surface area contributed by atoms with Gasteiger partial charge in [0.1, 0.15) is 11.4 Å². The number of methoxy groups -OCH3 is 1. The van der Waals surface area contributed by atoms with Gasteiger partial charge in [0.2, 0.25) is 0 Å². The molecule has 0 aliphatic carbocycles. The molecule has 5 heteroatoms. The van der Waals surface area contributed by atoms with Gasteiger partial charge in [-0.05, 0) is 26.8 Å². The van der Waals surface area contributed by atoms with Crippen LogP contribution in [0.1, 0.15) is 26.3 Å². The van der Waals surface area contributed by atoms with Gasteiger partial charge in [-0.25, -0.2) is 4.79 Å².